The lowest BCUT2D eigenvalue weighted by Crippen LogP contribution is -1.71. The number of hydrogen-bond donors (Lipinski definition) is 2. The Labute approximate surface area is 70.9 Å². The van der Waals surface area contributed by atoms with Crippen LogP contribution in [0.1, 0.15) is 5.56 Å². The van der Waals surface area contributed by atoms with Crippen LogP contribution >= 0.6 is 19.0 Å². The van der Waals surface area contributed by atoms with Gasteiger partial charge in [0, 0.05) is 4.90 Å². The maximum absolute atomic E-state index is 8.66. The van der Waals surface area contributed by atoms with Gasteiger partial charge in [0.05, 0.1) is 0 Å². The van der Waals surface area contributed by atoms with Crippen molar-refractivity contribution in [1.29, 1.82) is 0 Å². The molecule has 60 valence electrons. The molecule has 1 aromatic rings. The molecule has 4 heteroatoms. The molecule has 0 saturated heterocycles. The highest BCUT2D eigenvalue weighted by Gasteiger charge is 2.00. The van der Waals surface area contributed by atoms with E-state index in [-0.39, 0.29) is 0 Å². The molecule has 0 aliphatic heterocycles. The van der Waals surface area contributed by atoms with Gasteiger partial charge in [0.25, 0.3) is 0 Å². The van der Waals surface area contributed by atoms with Crippen LogP contribution in [0.15, 0.2) is 29.2 Å². The summed E-state index contributed by atoms with van der Waals surface area (Å²) in [6.07, 6.45) is 0. The number of aryl methyl sites for hydroxylation is 1. The molecule has 1 rings (SSSR count). The van der Waals surface area contributed by atoms with Crippen LogP contribution in [0.25, 0.3) is 0 Å². The van der Waals surface area contributed by atoms with E-state index >= 15 is 0 Å². The zero-order valence-electron chi connectivity index (χ0n) is 6.06. The molecule has 1 aromatic carbocycles. The van der Waals surface area contributed by atoms with Gasteiger partial charge in [-0.05, 0) is 30.4 Å². The van der Waals surface area contributed by atoms with Gasteiger partial charge < -0.3 is 9.79 Å². The van der Waals surface area contributed by atoms with Gasteiger partial charge in [-0.25, -0.2) is 0 Å². The van der Waals surface area contributed by atoms with Crippen LogP contribution < -0.4 is 0 Å². The molecule has 0 heterocycles. The standard InChI is InChI=1S/C7H9O2PS/c1-6-2-4-7(5-3-6)11-10(8)9/h2-5,8-9H,1H3. The summed E-state index contributed by atoms with van der Waals surface area (Å²) in [7, 11) is -1.87. The highest BCUT2D eigenvalue weighted by atomic mass is 32.7. The topological polar surface area (TPSA) is 40.5 Å². The summed E-state index contributed by atoms with van der Waals surface area (Å²) >= 11 is 1.08. The molecule has 0 radical (unpaired) electrons. The zero-order valence-corrected chi connectivity index (χ0v) is 7.77. The van der Waals surface area contributed by atoms with Gasteiger partial charge in [-0.3, -0.25) is 0 Å². The Bertz CT molecular complexity index is 222. The van der Waals surface area contributed by atoms with Crippen LogP contribution in [0.2, 0.25) is 0 Å². The van der Waals surface area contributed by atoms with E-state index in [1.807, 2.05) is 31.2 Å². The van der Waals surface area contributed by atoms with Crippen molar-refractivity contribution in [2.75, 3.05) is 0 Å². The average Bonchev–Trinajstić information content (AvgIpc) is 1.93. The predicted octanol–water partition coefficient (Wildman–Crippen LogP) is 2.30. The maximum atomic E-state index is 8.66. The van der Waals surface area contributed by atoms with Crippen molar-refractivity contribution in [3.8, 4) is 0 Å². The van der Waals surface area contributed by atoms with E-state index in [2.05, 4.69) is 0 Å². The van der Waals surface area contributed by atoms with Gasteiger partial charge in [0.1, 0.15) is 0 Å². The van der Waals surface area contributed by atoms with Gasteiger partial charge in [-0.2, -0.15) is 0 Å². The third-order valence-electron chi connectivity index (χ3n) is 1.21. The van der Waals surface area contributed by atoms with E-state index in [1.165, 1.54) is 5.56 Å². The highest BCUT2D eigenvalue weighted by molar-refractivity contribution is 8.52. The summed E-state index contributed by atoms with van der Waals surface area (Å²) in [5.74, 6) is 0. The van der Waals surface area contributed by atoms with E-state index < -0.39 is 7.58 Å². The highest BCUT2D eigenvalue weighted by Crippen LogP contribution is 2.46. The first kappa shape index (κ1) is 9.01. The maximum Gasteiger partial charge on any atom is 0.237 e. The molecule has 0 spiro atoms. The Balaban J connectivity index is 2.66. The van der Waals surface area contributed by atoms with E-state index in [1.54, 1.807) is 0 Å². The predicted molar refractivity (Wildman–Crippen MR) is 48.4 cm³/mol. The lowest BCUT2D eigenvalue weighted by Gasteiger charge is -2.00. The first-order valence-electron chi connectivity index (χ1n) is 3.11. The first-order valence-corrected chi connectivity index (χ1v) is 5.78. The molecule has 11 heavy (non-hydrogen) atoms. The minimum atomic E-state index is -1.87. The van der Waals surface area contributed by atoms with Crippen LogP contribution in [0.4, 0.5) is 0 Å². The normalized spacial score (nSPS) is 10.5. The summed E-state index contributed by atoms with van der Waals surface area (Å²) in [5.41, 5.74) is 1.18. The molecule has 0 aliphatic rings. The van der Waals surface area contributed by atoms with Crippen molar-refractivity contribution in [2.24, 2.45) is 0 Å². The third kappa shape index (κ3) is 3.21. The monoisotopic (exact) mass is 188 g/mol. The van der Waals surface area contributed by atoms with Crippen molar-refractivity contribution in [3.63, 3.8) is 0 Å². The quantitative estimate of drug-likeness (QED) is 0.699. The van der Waals surface area contributed by atoms with Crippen LogP contribution in [0.3, 0.4) is 0 Å². The van der Waals surface area contributed by atoms with Crippen molar-refractivity contribution < 1.29 is 9.79 Å². The molecular weight excluding hydrogens is 179 g/mol. The summed E-state index contributed by atoms with van der Waals surface area (Å²) in [6, 6.07) is 7.64. The molecule has 2 N–H and O–H groups in total. The second kappa shape index (κ2) is 4.07. The molecule has 2 nitrogen and oxygen atoms in total. The number of hydrogen-bond acceptors (Lipinski definition) is 3. The van der Waals surface area contributed by atoms with Crippen LogP contribution in [0, 0.1) is 6.92 Å². The Morgan fingerprint density at radius 1 is 1.18 bits per heavy atom. The van der Waals surface area contributed by atoms with Crippen molar-refractivity contribution >= 4 is 19.0 Å². The molecule has 0 amide bonds. The van der Waals surface area contributed by atoms with Crippen molar-refractivity contribution in [3.05, 3.63) is 29.8 Å². The fourth-order valence-electron chi connectivity index (χ4n) is 0.693. The molecule has 0 atom stereocenters. The second-order valence-corrected chi connectivity index (χ2v) is 4.84. The van der Waals surface area contributed by atoms with Crippen LogP contribution in [-0.4, -0.2) is 9.79 Å². The summed E-state index contributed by atoms with van der Waals surface area (Å²) in [6.45, 7) is 2.00. The molecule has 0 aromatic heterocycles. The Morgan fingerprint density at radius 2 is 1.73 bits per heavy atom. The van der Waals surface area contributed by atoms with E-state index in [0.717, 1.165) is 16.3 Å². The smallest absolute Gasteiger partial charge is 0.237 e. The molecular formula is C7H9O2PS. The Kier molecular flexibility index (Phi) is 3.34. The average molecular weight is 188 g/mol. The molecule has 0 bridgehead atoms. The number of benzene rings is 1. The largest absolute Gasteiger partial charge is 0.342 e. The molecule has 0 saturated carbocycles. The van der Waals surface area contributed by atoms with E-state index in [4.69, 9.17) is 9.79 Å². The van der Waals surface area contributed by atoms with E-state index in [9.17, 15) is 0 Å². The minimum Gasteiger partial charge on any atom is -0.342 e. The van der Waals surface area contributed by atoms with Crippen molar-refractivity contribution in [2.45, 2.75) is 11.8 Å². The van der Waals surface area contributed by atoms with Gasteiger partial charge in [0.15, 0.2) is 0 Å². The van der Waals surface area contributed by atoms with Gasteiger partial charge in [-0.1, -0.05) is 17.7 Å². The Morgan fingerprint density at radius 3 is 2.18 bits per heavy atom. The Hall–Kier alpha value is -0.0800. The second-order valence-electron chi connectivity index (χ2n) is 2.16. The fraction of sp³-hybridized carbons (Fsp3) is 0.143. The van der Waals surface area contributed by atoms with Crippen LogP contribution in [0.5, 0.6) is 0 Å². The molecule has 0 aliphatic carbocycles. The van der Waals surface area contributed by atoms with Gasteiger partial charge in [-0.15, -0.1) is 0 Å². The lowest BCUT2D eigenvalue weighted by atomic mass is 10.2. The van der Waals surface area contributed by atoms with Crippen molar-refractivity contribution in [1.82, 2.24) is 0 Å². The first-order chi connectivity index (χ1) is 5.18. The lowest BCUT2D eigenvalue weighted by molar-refractivity contribution is 0.505. The number of rotatable bonds is 2. The van der Waals surface area contributed by atoms with Gasteiger partial charge in [0.2, 0.25) is 7.58 Å². The van der Waals surface area contributed by atoms with Gasteiger partial charge >= 0.3 is 0 Å². The molecule has 0 fully saturated rings. The summed E-state index contributed by atoms with van der Waals surface area (Å²) < 4.78 is 0. The third-order valence-corrected chi connectivity index (χ3v) is 2.98. The summed E-state index contributed by atoms with van der Waals surface area (Å²) in [4.78, 5) is 18.2. The molecule has 0 unspecified atom stereocenters. The summed E-state index contributed by atoms with van der Waals surface area (Å²) in [5, 5.41) is 0. The zero-order chi connectivity index (χ0) is 8.27. The fourth-order valence-corrected chi connectivity index (χ4v) is 2.07. The van der Waals surface area contributed by atoms with Crippen LogP contribution in [-0.2, 0) is 0 Å². The minimum absolute atomic E-state index is 0.895. The van der Waals surface area contributed by atoms with E-state index in [0.29, 0.717) is 0 Å². The SMILES string of the molecule is Cc1ccc(SP(O)O)cc1.